The molecule has 0 aliphatic carbocycles. The zero-order chi connectivity index (χ0) is 17.9. The number of piperidine rings is 1. The number of benzene rings is 2. The smallest absolute Gasteiger partial charge is 0.410 e. The van der Waals surface area contributed by atoms with Gasteiger partial charge in [-0.2, -0.15) is 0 Å². The normalized spacial score (nSPS) is 21.5. The SMILES string of the molecule is COc1ccc2c(c1)CO[C@H]1CCCN(C(=O)OCc3ccccc3)[C@@H]21. The zero-order valence-corrected chi connectivity index (χ0v) is 14.9. The van der Waals surface area contributed by atoms with Crippen LogP contribution in [-0.2, 0) is 22.7 Å². The number of likely N-dealkylation sites (tertiary alicyclic amines) is 1. The molecule has 2 atom stereocenters. The van der Waals surface area contributed by atoms with E-state index < -0.39 is 0 Å². The van der Waals surface area contributed by atoms with Crippen LogP contribution in [0.4, 0.5) is 4.79 Å². The lowest BCUT2D eigenvalue weighted by atomic mass is 9.87. The highest BCUT2D eigenvalue weighted by Crippen LogP contribution is 2.40. The molecule has 1 saturated heterocycles. The van der Waals surface area contributed by atoms with E-state index in [1.54, 1.807) is 7.11 Å². The Balaban J connectivity index is 1.54. The maximum atomic E-state index is 12.8. The van der Waals surface area contributed by atoms with E-state index >= 15 is 0 Å². The van der Waals surface area contributed by atoms with Gasteiger partial charge in [-0.05, 0) is 41.7 Å². The molecule has 0 aromatic heterocycles. The van der Waals surface area contributed by atoms with Crippen molar-refractivity contribution in [3.05, 3.63) is 65.2 Å². The van der Waals surface area contributed by atoms with Gasteiger partial charge in [0.25, 0.3) is 0 Å². The quantitative estimate of drug-likeness (QED) is 0.835. The number of carbonyl (C=O) groups excluding carboxylic acids is 1. The van der Waals surface area contributed by atoms with Crippen LogP contribution in [-0.4, -0.2) is 30.8 Å². The first-order chi connectivity index (χ1) is 12.8. The fourth-order valence-electron chi connectivity index (χ4n) is 3.83. The molecular weight excluding hydrogens is 330 g/mol. The summed E-state index contributed by atoms with van der Waals surface area (Å²) in [7, 11) is 1.65. The van der Waals surface area contributed by atoms with Gasteiger partial charge in [-0.3, -0.25) is 4.90 Å². The van der Waals surface area contributed by atoms with Crippen molar-refractivity contribution >= 4 is 6.09 Å². The second-order valence-corrected chi connectivity index (χ2v) is 6.73. The maximum absolute atomic E-state index is 12.8. The van der Waals surface area contributed by atoms with Crippen LogP contribution in [0.3, 0.4) is 0 Å². The average Bonchev–Trinajstić information content (AvgIpc) is 2.71. The Kier molecular flexibility index (Phi) is 4.80. The van der Waals surface area contributed by atoms with Gasteiger partial charge in [0.15, 0.2) is 0 Å². The van der Waals surface area contributed by atoms with Crippen LogP contribution in [0.15, 0.2) is 48.5 Å². The molecule has 26 heavy (non-hydrogen) atoms. The first kappa shape index (κ1) is 16.9. The van der Waals surface area contributed by atoms with Gasteiger partial charge < -0.3 is 14.2 Å². The van der Waals surface area contributed by atoms with Gasteiger partial charge in [-0.15, -0.1) is 0 Å². The summed E-state index contributed by atoms with van der Waals surface area (Å²) in [6, 6.07) is 15.6. The first-order valence-electron chi connectivity index (χ1n) is 9.02. The molecule has 136 valence electrons. The number of ether oxygens (including phenoxy) is 3. The summed E-state index contributed by atoms with van der Waals surface area (Å²) < 4.78 is 16.9. The van der Waals surface area contributed by atoms with Crippen LogP contribution in [0.5, 0.6) is 5.75 Å². The van der Waals surface area contributed by atoms with Crippen LogP contribution in [0.25, 0.3) is 0 Å². The van der Waals surface area contributed by atoms with E-state index in [9.17, 15) is 4.79 Å². The highest BCUT2D eigenvalue weighted by molar-refractivity contribution is 5.69. The van der Waals surface area contributed by atoms with Crippen LogP contribution in [0, 0.1) is 0 Å². The number of methoxy groups -OCH3 is 1. The summed E-state index contributed by atoms with van der Waals surface area (Å²) in [6.07, 6.45) is 1.62. The molecule has 0 saturated carbocycles. The van der Waals surface area contributed by atoms with Crippen molar-refractivity contribution in [2.75, 3.05) is 13.7 Å². The van der Waals surface area contributed by atoms with E-state index in [4.69, 9.17) is 14.2 Å². The second kappa shape index (κ2) is 7.38. The van der Waals surface area contributed by atoms with Gasteiger partial charge in [0.2, 0.25) is 0 Å². The van der Waals surface area contributed by atoms with Gasteiger partial charge in [0.05, 0.1) is 25.9 Å². The summed E-state index contributed by atoms with van der Waals surface area (Å²) in [5.74, 6) is 0.805. The highest BCUT2D eigenvalue weighted by atomic mass is 16.6. The Hall–Kier alpha value is -2.53. The first-order valence-corrected chi connectivity index (χ1v) is 9.02. The van der Waals surface area contributed by atoms with E-state index in [0.717, 1.165) is 35.3 Å². The van der Waals surface area contributed by atoms with Crippen LogP contribution >= 0.6 is 0 Å². The van der Waals surface area contributed by atoms with Gasteiger partial charge in [0.1, 0.15) is 12.4 Å². The van der Waals surface area contributed by atoms with Gasteiger partial charge in [-0.25, -0.2) is 4.79 Å². The fourth-order valence-corrected chi connectivity index (χ4v) is 3.83. The molecule has 0 N–H and O–H groups in total. The lowest BCUT2D eigenvalue weighted by Gasteiger charge is -2.44. The predicted octanol–water partition coefficient (Wildman–Crippen LogP) is 4.07. The summed E-state index contributed by atoms with van der Waals surface area (Å²) in [6.45, 7) is 1.52. The molecule has 0 radical (unpaired) electrons. The summed E-state index contributed by atoms with van der Waals surface area (Å²) in [5.41, 5.74) is 3.20. The summed E-state index contributed by atoms with van der Waals surface area (Å²) in [4.78, 5) is 14.6. The molecule has 2 aliphatic rings. The van der Waals surface area contributed by atoms with Crippen molar-refractivity contribution in [1.29, 1.82) is 0 Å². The number of carbonyl (C=O) groups is 1. The number of amides is 1. The minimum Gasteiger partial charge on any atom is -0.497 e. The molecule has 5 heteroatoms. The molecule has 4 rings (SSSR count). The molecule has 2 aromatic carbocycles. The molecule has 5 nitrogen and oxygen atoms in total. The second-order valence-electron chi connectivity index (χ2n) is 6.73. The average molecular weight is 353 g/mol. The maximum Gasteiger partial charge on any atom is 0.410 e. The monoisotopic (exact) mass is 353 g/mol. The third kappa shape index (κ3) is 3.27. The number of rotatable bonds is 3. The minimum atomic E-state index is -0.282. The number of hydrogen-bond donors (Lipinski definition) is 0. The lowest BCUT2D eigenvalue weighted by molar-refractivity contribution is -0.0630. The van der Waals surface area contributed by atoms with Crippen molar-refractivity contribution in [2.24, 2.45) is 0 Å². The molecule has 0 unspecified atom stereocenters. The van der Waals surface area contributed by atoms with Crippen molar-refractivity contribution in [3.63, 3.8) is 0 Å². The summed E-state index contributed by atoms with van der Waals surface area (Å²) >= 11 is 0. The van der Waals surface area contributed by atoms with E-state index in [0.29, 0.717) is 13.2 Å². The van der Waals surface area contributed by atoms with Gasteiger partial charge in [-0.1, -0.05) is 36.4 Å². The van der Waals surface area contributed by atoms with Gasteiger partial charge in [0, 0.05) is 6.54 Å². The van der Waals surface area contributed by atoms with E-state index in [1.807, 2.05) is 47.4 Å². The van der Waals surface area contributed by atoms with Crippen molar-refractivity contribution in [2.45, 2.75) is 38.2 Å². The molecule has 0 bridgehead atoms. The van der Waals surface area contributed by atoms with E-state index in [2.05, 4.69) is 6.07 Å². The Bertz CT molecular complexity index is 777. The molecule has 1 amide bonds. The summed E-state index contributed by atoms with van der Waals surface area (Å²) in [5, 5.41) is 0. The van der Waals surface area contributed by atoms with E-state index in [-0.39, 0.29) is 24.8 Å². The third-order valence-corrected chi connectivity index (χ3v) is 5.14. The zero-order valence-electron chi connectivity index (χ0n) is 14.9. The Labute approximate surface area is 153 Å². The predicted molar refractivity (Wildman–Crippen MR) is 96.9 cm³/mol. The van der Waals surface area contributed by atoms with Crippen LogP contribution < -0.4 is 4.74 Å². The molecule has 2 aromatic rings. The van der Waals surface area contributed by atoms with Crippen LogP contribution in [0.2, 0.25) is 0 Å². The standard InChI is InChI=1S/C21H23NO4/c1-24-17-9-10-18-16(12-17)14-25-19-8-5-11-22(20(18)19)21(23)26-13-15-6-3-2-4-7-15/h2-4,6-7,9-10,12,19-20H,5,8,11,13-14H2,1H3/t19-,20-/m0/s1. The highest BCUT2D eigenvalue weighted by Gasteiger charge is 2.40. The van der Waals surface area contributed by atoms with Crippen molar-refractivity contribution < 1.29 is 19.0 Å². The number of hydrogen-bond acceptors (Lipinski definition) is 4. The van der Waals surface area contributed by atoms with Crippen LogP contribution in [0.1, 0.15) is 35.6 Å². The van der Waals surface area contributed by atoms with E-state index in [1.165, 1.54) is 0 Å². The topological polar surface area (TPSA) is 48.0 Å². The minimum absolute atomic E-state index is 0.0221. The van der Waals surface area contributed by atoms with Crippen molar-refractivity contribution in [1.82, 2.24) is 4.90 Å². The molecule has 2 aliphatic heterocycles. The fraction of sp³-hybridized carbons (Fsp3) is 0.381. The largest absolute Gasteiger partial charge is 0.497 e. The molecule has 1 fully saturated rings. The lowest BCUT2D eigenvalue weighted by Crippen LogP contribution is -2.48. The van der Waals surface area contributed by atoms with Crippen molar-refractivity contribution in [3.8, 4) is 5.75 Å². The van der Waals surface area contributed by atoms with Gasteiger partial charge >= 0.3 is 6.09 Å². The molecule has 2 heterocycles. The third-order valence-electron chi connectivity index (χ3n) is 5.14. The molecular formula is C21H23NO4. The number of nitrogens with zero attached hydrogens (tertiary/aromatic N) is 1. The Morgan fingerprint density at radius 3 is 2.88 bits per heavy atom. The Morgan fingerprint density at radius 1 is 1.23 bits per heavy atom. The Morgan fingerprint density at radius 2 is 2.08 bits per heavy atom. The number of fused-ring (bicyclic) bond motifs is 3. The molecule has 0 spiro atoms.